The van der Waals surface area contributed by atoms with Crippen molar-refractivity contribution >= 4 is 11.6 Å². The lowest BCUT2D eigenvalue weighted by molar-refractivity contribution is -0.120. The van der Waals surface area contributed by atoms with E-state index >= 15 is 0 Å². The number of benzene rings is 1. The first-order valence-corrected chi connectivity index (χ1v) is 6.42. The first-order chi connectivity index (χ1) is 8.75. The minimum atomic E-state index is 0.0464. The highest BCUT2D eigenvalue weighted by molar-refractivity contribution is 5.81. The lowest BCUT2D eigenvalue weighted by atomic mass is 10.1. The van der Waals surface area contributed by atoms with Crippen LogP contribution in [-0.2, 0) is 9.53 Å². The molecule has 0 saturated carbocycles. The van der Waals surface area contributed by atoms with Crippen LogP contribution in [0.5, 0.6) is 0 Å². The van der Waals surface area contributed by atoms with Gasteiger partial charge in [0.2, 0.25) is 5.91 Å². The Balaban J connectivity index is 1.76. The molecule has 0 radical (unpaired) electrons. The minimum Gasteiger partial charge on any atom is -0.381 e. The zero-order valence-corrected chi connectivity index (χ0v) is 10.7. The quantitative estimate of drug-likeness (QED) is 0.852. The molecule has 0 aromatic heterocycles. The zero-order valence-electron chi connectivity index (χ0n) is 10.7. The number of para-hydroxylation sites is 1. The van der Waals surface area contributed by atoms with Crippen molar-refractivity contribution in [3.05, 3.63) is 29.8 Å². The van der Waals surface area contributed by atoms with Crippen LogP contribution in [0, 0.1) is 6.92 Å². The molecule has 1 aliphatic rings. The standard InChI is InChI=1S/C14H20N2O2/c1-11-4-2-3-5-13(11)15-10-14(17)16-12-6-8-18-9-7-12/h2-5,12,15H,6-10H2,1H3,(H,16,17). The molecule has 1 aromatic rings. The Hall–Kier alpha value is -1.55. The molecule has 98 valence electrons. The third kappa shape index (κ3) is 3.74. The Morgan fingerprint density at radius 3 is 2.78 bits per heavy atom. The predicted octanol–water partition coefficient (Wildman–Crippen LogP) is 1.70. The fourth-order valence-electron chi connectivity index (χ4n) is 2.07. The van der Waals surface area contributed by atoms with Crippen molar-refractivity contribution < 1.29 is 9.53 Å². The highest BCUT2D eigenvalue weighted by atomic mass is 16.5. The van der Waals surface area contributed by atoms with Crippen molar-refractivity contribution in [2.45, 2.75) is 25.8 Å². The third-order valence-electron chi connectivity index (χ3n) is 3.17. The molecule has 4 nitrogen and oxygen atoms in total. The smallest absolute Gasteiger partial charge is 0.239 e. The first kappa shape index (κ1) is 12.9. The summed E-state index contributed by atoms with van der Waals surface area (Å²) in [6.07, 6.45) is 1.83. The molecule has 0 bridgehead atoms. The molecule has 2 N–H and O–H groups in total. The average molecular weight is 248 g/mol. The van der Waals surface area contributed by atoms with Crippen LogP contribution in [-0.4, -0.2) is 31.7 Å². The van der Waals surface area contributed by atoms with Gasteiger partial charge in [-0.2, -0.15) is 0 Å². The van der Waals surface area contributed by atoms with E-state index in [0.717, 1.165) is 37.3 Å². The molecule has 1 saturated heterocycles. The van der Waals surface area contributed by atoms with Gasteiger partial charge in [-0.05, 0) is 31.4 Å². The number of hydrogen-bond acceptors (Lipinski definition) is 3. The number of ether oxygens (including phenoxy) is 1. The van der Waals surface area contributed by atoms with E-state index < -0.39 is 0 Å². The summed E-state index contributed by atoms with van der Waals surface area (Å²) in [7, 11) is 0. The summed E-state index contributed by atoms with van der Waals surface area (Å²) in [6, 6.07) is 8.23. The second-order valence-corrected chi connectivity index (χ2v) is 4.62. The number of rotatable bonds is 4. The normalized spacial score (nSPS) is 16.3. The highest BCUT2D eigenvalue weighted by Crippen LogP contribution is 2.12. The van der Waals surface area contributed by atoms with E-state index in [0.29, 0.717) is 6.54 Å². The minimum absolute atomic E-state index is 0.0464. The van der Waals surface area contributed by atoms with Gasteiger partial charge in [-0.3, -0.25) is 4.79 Å². The van der Waals surface area contributed by atoms with E-state index in [1.54, 1.807) is 0 Å². The van der Waals surface area contributed by atoms with E-state index in [-0.39, 0.29) is 11.9 Å². The SMILES string of the molecule is Cc1ccccc1NCC(=O)NC1CCOCC1. The summed E-state index contributed by atoms with van der Waals surface area (Å²) < 4.78 is 5.26. The molecule has 1 aliphatic heterocycles. The maximum absolute atomic E-state index is 11.8. The Kier molecular flexibility index (Phi) is 4.59. The van der Waals surface area contributed by atoms with E-state index in [9.17, 15) is 4.79 Å². The summed E-state index contributed by atoms with van der Waals surface area (Å²) in [6.45, 7) is 3.84. The van der Waals surface area contributed by atoms with Crippen LogP contribution in [0.4, 0.5) is 5.69 Å². The average Bonchev–Trinajstić information content (AvgIpc) is 2.39. The molecular formula is C14H20N2O2. The summed E-state index contributed by atoms with van der Waals surface area (Å²) in [4.78, 5) is 11.8. The van der Waals surface area contributed by atoms with Crippen LogP contribution in [0.15, 0.2) is 24.3 Å². The number of hydrogen-bond donors (Lipinski definition) is 2. The molecular weight excluding hydrogens is 228 g/mol. The number of aryl methyl sites for hydroxylation is 1. The van der Waals surface area contributed by atoms with E-state index in [4.69, 9.17) is 4.74 Å². The van der Waals surface area contributed by atoms with Gasteiger partial charge < -0.3 is 15.4 Å². The molecule has 2 rings (SSSR count). The Labute approximate surface area is 108 Å². The second kappa shape index (κ2) is 6.40. The molecule has 1 fully saturated rings. The third-order valence-corrected chi connectivity index (χ3v) is 3.17. The number of carbonyl (C=O) groups excluding carboxylic acids is 1. The van der Waals surface area contributed by atoms with Crippen LogP contribution in [0.25, 0.3) is 0 Å². The summed E-state index contributed by atoms with van der Waals surface area (Å²) in [5, 5.41) is 6.19. The molecule has 1 aromatic carbocycles. The number of nitrogens with one attached hydrogen (secondary N) is 2. The number of amides is 1. The van der Waals surface area contributed by atoms with Crippen molar-refractivity contribution in [2.24, 2.45) is 0 Å². The van der Waals surface area contributed by atoms with Gasteiger partial charge in [-0.1, -0.05) is 18.2 Å². The molecule has 4 heteroatoms. The van der Waals surface area contributed by atoms with E-state index in [2.05, 4.69) is 10.6 Å². The summed E-state index contributed by atoms with van der Waals surface area (Å²) >= 11 is 0. The molecule has 1 heterocycles. The fourth-order valence-corrected chi connectivity index (χ4v) is 2.07. The Morgan fingerprint density at radius 1 is 1.33 bits per heavy atom. The lowest BCUT2D eigenvalue weighted by Crippen LogP contribution is -2.41. The predicted molar refractivity (Wildman–Crippen MR) is 71.7 cm³/mol. The molecule has 0 spiro atoms. The van der Waals surface area contributed by atoms with Crippen LogP contribution in [0.1, 0.15) is 18.4 Å². The molecule has 0 atom stereocenters. The van der Waals surface area contributed by atoms with Gasteiger partial charge in [0.1, 0.15) is 0 Å². The van der Waals surface area contributed by atoms with Gasteiger partial charge in [0.25, 0.3) is 0 Å². The fraction of sp³-hybridized carbons (Fsp3) is 0.500. The number of carbonyl (C=O) groups is 1. The molecule has 18 heavy (non-hydrogen) atoms. The van der Waals surface area contributed by atoms with E-state index in [1.165, 1.54) is 0 Å². The summed E-state index contributed by atoms with van der Waals surface area (Å²) in [5.41, 5.74) is 2.16. The van der Waals surface area contributed by atoms with Crippen molar-refractivity contribution in [3.63, 3.8) is 0 Å². The monoisotopic (exact) mass is 248 g/mol. The molecule has 0 unspecified atom stereocenters. The topological polar surface area (TPSA) is 50.4 Å². The Bertz CT molecular complexity index is 401. The highest BCUT2D eigenvalue weighted by Gasteiger charge is 2.15. The van der Waals surface area contributed by atoms with Gasteiger partial charge in [-0.15, -0.1) is 0 Å². The van der Waals surface area contributed by atoms with Crippen LogP contribution in [0.3, 0.4) is 0 Å². The van der Waals surface area contributed by atoms with Crippen LogP contribution in [0.2, 0.25) is 0 Å². The van der Waals surface area contributed by atoms with Crippen LogP contribution < -0.4 is 10.6 Å². The maximum Gasteiger partial charge on any atom is 0.239 e. The second-order valence-electron chi connectivity index (χ2n) is 4.62. The van der Waals surface area contributed by atoms with Gasteiger partial charge in [-0.25, -0.2) is 0 Å². The lowest BCUT2D eigenvalue weighted by Gasteiger charge is -2.23. The van der Waals surface area contributed by atoms with E-state index in [1.807, 2.05) is 31.2 Å². The maximum atomic E-state index is 11.8. The first-order valence-electron chi connectivity index (χ1n) is 6.42. The van der Waals surface area contributed by atoms with Gasteiger partial charge >= 0.3 is 0 Å². The largest absolute Gasteiger partial charge is 0.381 e. The van der Waals surface area contributed by atoms with Gasteiger partial charge in [0, 0.05) is 24.9 Å². The number of anilines is 1. The van der Waals surface area contributed by atoms with Crippen molar-refractivity contribution in [1.82, 2.24) is 5.32 Å². The zero-order chi connectivity index (χ0) is 12.8. The molecule has 0 aliphatic carbocycles. The van der Waals surface area contributed by atoms with Crippen molar-refractivity contribution in [1.29, 1.82) is 0 Å². The van der Waals surface area contributed by atoms with Gasteiger partial charge in [0.15, 0.2) is 0 Å². The molecule has 1 amide bonds. The Morgan fingerprint density at radius 2 is 2.06 bits per heavy atom. The summed E-state index contributed by atoms with van der Waals surface area (Å²) in [5.74, 6) is 0.0464. The van der Waals surface area contributed by atoms with Crippen molar-refractivity contribution in [3.8, 4) is 0 Å². The van der Waals surface area contributed by atoms with Gasteiger partial charge in [0.05, 0.1) is 6.54 Å². The van der Waals surface area contributed by atoms with Crippen molar-refractivity contribution in [2.75, 3.05) is 25.1 Å². The van der Waals surface area contributed by atoms with Crippen LogP contribution >= 0.6 is 0 Å².